The van der Waals surface area contributed by atoms with Gasteiger partial charge >= 0.3 is 0 Å². The minimum Gasteiger partial charge on any atom is -0.496 e. The van der Waals surface area contributed by atoms with Crippen molar-refractivity contribution in [2.45, 2.75) is 26.8 Å². The highest BCUT2D eigenvalue weighted by Gasteiger charge is 2.21. The largest absolute Gasteiger partial charge is 0.496 e. The zero-order valence-corrected chi connectivity index (χ0v) is 19.8. The number of nitrogens with one attached hydrogen (secondary N) is 1. The van der Waals surface area contributed by atoms with E-state index < -0.39 is 0 Å². The Kier molecular flexibility index (Phi) is 8.61. The van der Waals surface area contributed by atoms with Gasteiger partial charge in [0.15, 0.2) is 5.96 Å². The minimum atomic E-state index is 0.625. The van der Waals surface area contributed by atoms with Crippen LogP contribution in [0.25, 0.3) is 0 Å². The fourth-order valence-corrected chi connectivity index (χ4v) is 3.86. The highest BCUT2D eigenvalue weighted by atomic mass is 16.5. The van der Waals surface area contributed by atoms with Crippen LogP contribution >= 0.6 is 0 Å². The number of methoxy groups -OCH3 is 3. The number of rotatable bonds is 9. The highest BCUT2D eigenvalue weighted by molar-refractivity contribution is 5.80. The lowest BCUT2D eigenvalue weighted by Crippen LogP contribution is -2.52. The number of nitrogens with zero attached hydrogens (tertiary/aromatic N) is 4. The lowest BCUT2D eigenvalue weighted by atomic mass is 10.1. The van der Waals surface area contributed by atoms with Gasteiger partial charge in [-0.2, -0.15) is 0 Å². The van der Waals surface area contributed by atoms with Crippen molar-refractivity contribution >= 4 is 5.96 Å². The Morgan fingerprint density at radius 2 is 1.75 bits per heavy atom. The van der Waals surface area contributed by atoms with Crippen LogP contribution < -0.4 is 19.5 Å². The Bertz CT molecular complexity index is 865. The quantitative estimate of drug-likeness (QED) is 0.465. The van der Waals surface area contributed by atoms with Crippen molar-refractivity contribution < 1.29 is 18.7 Å². The summed E-state index contributed by atoms with van der Waals surface area (Å²) in [6.07, 6.45) is 0.705. The minimum absolute atomic E-state index is 0.625. The first-order valence-electron chi connectivity index (χ1n) is 11.0. The van der Waals surface area contributed by atoms with Crippen molar-refractivity contribution in [1.82, 2.24) is 20.3 Å². The molecule has 1 saturated heterocycles. The van der Waals surface area contributed by atoms with Crippen LogP contribution in [0.3, 0.4) is 0 Å². The van der Waals surface area contributed by atoms with E-state index in [1.807, 2.05) is 25.1 Å². The van der Waals surface area contributed by atoms with Crippen molar-refractivity contribution in [2.75, 3.05) is 60.6 Å². The summed E-state index contributed by atoms with van der Waals surface area (Å²) in [4.78, 5) is 9.59. The van der Waals surface area contributed by atoms with E-state index in [2.05, 4.69) is 27.2 Å². The van der Waals surface area contributed by atoms with E-state index in [4.69, 9.17) is 23.7 Å². The second-order valence-corrected chi connectivity index (χ2v) is 7.69. The normalized spacial score (nSPS) is 15.0. The van der Waals surface area contributed by atoms with Gasteiger partial charge in [0.05, 0.1) is 27.0 Å². The Labute approximate surface area is 190 Å². The Morgan fingerprint density at radius 1 is 1.06 bits per heavy atom. The van der Waals surface area contributed by atoms with Crippen molar-refractivity contribution in [3.63, 3.8) is 0 Å². The molecule has 0 saturated carbocycles. The van der Waals surface area contributed by atoms with Gasteiger partial charge in [0.2, 0.25) is 0 Å². The van der Waals surface area contributed by atoms with Crippen LogP contribution in [0, 0.1) is 6.92 Å². The molecular formula is C23H35N5O4. The lowest BCUT2D eigenvalue weighted by Gasteiger charge is -2.36. The number of piperazine rings is 1. The van der Waals surface area contributed by atoms with Crippen molar-refractivity contribution in [3.05, 3.63) is 35.2 Å². The first-order valence-corrected chi connectivity index (χ1v) is 11.0. The first kappa shape index (κ1) is 23.7. The molecule has 0 atom stereocenters. The number of guanidine groups is 1. The van der Waals surface area contributed by atoms with E-state index in [1.54, 1.807) is 21.3 Å². The SMILES string of the molecule is CCNC(=NCCc1c(OC)cc(OC)cc1OC)N1CCN(Cc2cc(C)on2)CC1. The zero-order chi connectivity index (χ0) is 22.9. The monoisotopic (exact) mass is 445 g/mol. The number of aliphatic imine (C=N–C) groups is 1. The maximum absolute atomic E-state index is 5.56. The Hall–Kier alpha value is -2.94. The van der Waals surface area contributed by atoms with E-state index >= 15 is 0 Å². The highest BCUT2D eigenvalue weighted by Crippen LogP contribution is 2.34. The Balaban J connectivity index is 1.61. The third-order valence-corrected chi connectivity index (χ3v) is 5.51. The number of hydrogen-bond acceptors (Lipinski definition) is 7. The molecule has 1 aliphatic heterocycles. The van der Waals surface area contributed by atoms with Gasteiger partial charge in [0, 0.05) is 69.6 Å². The van der Waals surface area contributed by atoms with Gasteiger partial charge in [-0.3, -0.25) is 9.89 Å². The summed E-state index contributed by atoms with van der Waals surface area (Å²) in [6.45, 7) is 10.0. The molecule has 2 heterocycles. The van der Waals surface area contributed by atoms with Crippen LogP contribution in [0.2, 0.25) is 0 Å². The van der Waals surface area contributed by atoms with Crippen molar-refractivity contribution in [3.8, 4) is 17.2 Å². The summed E-state index contributed by atoms with van der Waals surface area (Å²) >= 11 is 0. The summed E-state index contributed by atoms with van der Waals surface area (Å²) in [7, 11) is 4.95. The molecule has 32 heavy (non-hydrogen) atoms. The van der Waals surface area contributed by atoms with E-state index in [1.165, 1.54) is 0 Å². The third-order valence-electron chi connectivity index (χ3n) is 5.51. The molecule has 0 unspecified atom stereocenters. The summed E-state index contributed by atoms with van der Waals surface area (Å²) in [5.74, 6) is 4.00. The van der Waals surface area contributed by atoms with Gasteiger partial charge in [-0.15, -0.1) is 0 Å². The maximum atomic E-state index is 5.56. The molecule has 1 aliphatic rings. The predicted molar refractivity (Wildman–Crippen MR) is 124 cm³/mol. The molecular weight excluding hydrogens is 410 g/mol. The van der Waals surface area contributed by atoms with Gasteiger partial charge in [0.1, 0.15) is 23.0 Å². The van der Waals surface area contributed by atoms with Crippen LogP contribution in [0.5, 0.6) is 17.2 Å². The maximum Gasteiger partial charge on any atom is 0.194 e. The molecule has 0 bridgehead atoms. The smallest absolute Gasteiger partial charge is 0.194 e. The van der Waals surface area contributed by atoms with Gasteiger partial charge < -0.3 is 29.0 Å². The lowest BCUT2D eigenvalue weighted by molar-refractivity contribution is 0.169. The molecule has 9 nitrogen and oxygen atoms in total. The fourth-order valence-electron chi connectivity index (χ4n) is 3.86. The molecule has 0 amide bonds. The number of aromatic nitrogens is 1. The van der Waals surface area contributed by atoms with Crippen LogP contribution in [0.1, 0.15) is 23.9 Å². The molecule has 3 rings (SSSR count). The van der Waals surface area contributed by atoms with E-state index in [0.29, 0.717) is 18.7 Å². The summed E-state index contributed by atoms with van der Waals surface area (Å²) in [5, 5.41) is 7.54. The molecule has 1 aromatic heterocycles. The summed E-state index contributed by atoms with van der Waals surface area (Å²) in [6, 6.07) is 5.75. The van der Waals surface area contributed by atoms with Crippen LogP contribution in [-0.2, 0) is 13.0 Å². The number of hydrogen-bond donors (Lipinski definition) is 1. The van der Waals surface area contributed by atoms with Crippen LogP contribution in [0.4, 0.5) is 0 Å². The standard InChI is InChI=1S/C23H35N5O4/c1-6-24-23(28-11-9-27(10-12-28)16-18-13-17(2)32-26-18)25-8-7-20-21(30-4)14-19(29-3)15-22(20)31-5/h13-15H,6-12,16H2,1-5H3,(H,24,25). The summed E-state index contributed by atoms with van der Waals surface area (Å²) in [5.41, 5.74) is 1.97. The molecule has 1 aromatic carbocycles. The predicted octanol–water partition coefficient (Wildman–Crippen LogP) is 2.33. The molecule has 1 N–H and O–H groups in total. The van der Waals surface area contributed by atoms with Gasteiger partial charge in [0.25, 0.3) is 0 Å². The van der Waals surface area contributed by atoms with E-state index in [9.17, 15) is 0 Å². The van der Waals surface area contributed by atoms with Crippen LogP contribution in [-0.4, -0.2) is 81.5 Å². The number of aryl methyl sites for hydroxylation is 1. The second-order valence-electron chi connectivity index (χ2n) is 7.69. The third kappa shape index (κ3) is 6.06. The average Bonchev–Trinajstić information content (AvgIpc) is 3.23. The average molecular weight is 446 g/mol. The molecule has 2 aromatic rings. The molecule has 9 heteroatoms. The number of ether oxygens (including phenoxy) is 3. The molecule has 0 aliphatic carbocycles. The summed E-state index contributed by atoms with van der Waals surface area (Å²) < 4.78 is 21.6. The van der Waals surface area contributed by atoms with Gasteiger partial charge in [-0.25, -0.2) is 0 Å². The number of benzene rings is 1. The van der Waals surface area contributed by atoms with Gasteiger partial charge in [-0.05, 0) is 20.3 Å². The second kappa shape index (κ2) is 11.6. The first-order chi connectivity index (χ1) is 15.6. The van der Waals surface area contributed by atoms with E-state index in [0.717, 1.165) is 73.7 Å². The van der Waals surface area contributed by atoms with Crippen molar-refractivity contribution in [2.24, 2.45) is 4.99 Å². The Morgan fingerprint density at radius 3 is 2.28 bits per heavy atom. The fraction of sp³-hybridized carbons (Fsp3) is 0.565. The zero-order valence-electron chi connectivity index (χ0n) is 19.8. The van der Waals surface area contributed by atoms with Crippen molar-refractivity contribution in [1.29, 1.82) is 0 Å². The van der Waals surface area contributed by atoms with Crippen LogP contribution in [0.15, 0.2) is 27.7 Å². The van der Waals surface area contributed by atoms with Gasteiger partial charge in [-0.1, -0.05) is 5.16 Å². The molecule has 176 valence electrons. The topological polar surface area (TPSA) is 84.6 Å². The molecule has 0 radical (unpaired) electrons. The van der Waals surface area contributed by atoms with E-state index in [-0.39, 0.29) is 0 Å². The molecule has 1 fully saturated rings. The molecule has 0 spiro atoms.